The standard InChI is InChI=1S/C15H17F3N4O3/c16-15(17,18)8-20-14(25)22-12(23)7-19-10-3-5-11(6-4-10)21-13(24)9-1-2-9/h3-6,9,19H,1-2,7-8H2,(H,21,24)(H2,20,22,23,25). The molecular weight excluding hydrogens is 341 g/mol. The van der Waals surface area contributed by atoms with E-state index in [0.29, 0.717) is 11.4 Å². The molecule has 7 nitrogen and oxygen atoms in total. The Bertz CT molecular complexity index is 642. The number of alkyl halides is 3. The first-order valence-electron chi connectivity index (χ1n) is 7.52. The second kappa shape index (κ2) is 7.86. The van der Waals surface area contributed by atoms with Crippen LogP contribution in [-0.2, 0) is 9.59 Å². The Kier molecular flexibility index (Phi) is 5.84. The molecule has 0 aromatic heterocycles. The SMILES string of the molecule is O=C(CNc1ccc(NC(=O)C2CC2)cc1)NC(=O)NCC(F)(F)F. The number of halogens is 3. The van der Waals surface area contributed by atoms with Gasteiger partial charge in [-0.15, -0.1) is 0 Å². The second-order valence-corrected chi connectivity index (χ2v) is 5.54. The normalized spacial score (nSPS) is 13.7. The minimum atomic E-state index is -4.55. The average molecular weight is 358 g/mol. The van der Waals surface area contributed by atoms with Gasteiger partial charge in [0.1, 0.15) is 6.54 Å². The van der Waals surface area contributed by atoms with Gasteiger partial charge in [0.2, 0.25) is 11.8 Å². The summed E-state index contributed by atoms with van der Waals surface area (Å²) in [4.78, 5) is 34.2. The molecular formula is C15H17F3N4O3. The van der Waals surface area contributed by atoms with Gasteiger partial charge in [0.15, 0.2) is 0 Å². The number of carbonyl (C=O) groups is 3. The molecule has 25 heavy (non-hydrogen) atoms. The van der Waals surface area contributed by atoms with Crippen LogP contribution in [-0.4, -0.2) is 37.1 Å². The molecule has 2 rings (SSSR count). The maximum absolute atomic E-state index is 11.9. The van der Waals surface area contributed by atoms with Crippen LogP contribution in [0.25, 0.3) is 0 Å². The molecule has 1 aromatic carbocycles. The molecule has 1 aliphatic carbocycles. The quantitative estimate of drug-likeness (QED) is 0.623. The number of anilines is 2. The van der Waals surface area contributed by atoms with Crippen molar-refractivity contribution in [2.45, 2.75) is 19.0 Å². The molecule has 0 radical (unpaired) electrons. The highest BCUT2D eigenvalue weighted by Crippen LogP contribution is 2.30. The Labute approximate surface area is 141 Å². The van der Waals surface area contributed by atoms with E-state index in [9.17, 15) is 27.6 Å². The number of nitrogens with one attached hydrogen (secondary N) is 4. The smallest absolute Gasteiger partial charge is 0.376 e. The first-order chi connectivity index (χ1) is 11.7. The summed E-state index contributed by atoms with van der Waals surface area (Å²) in [5.41, 5.74) is 1.17. The van der Waals surface area contributed by atoms with E-state index in [1.165, 1.54) is 5.32 Å². The van der Waals surface area contributed by atoms with E-state index in [1.807, 2.05) is 0 Å². The van der Waals surface area contributed by atoms with Crippen LogP contribution < -0.4 is 21.3 Å². The number of rotatable bonds is 6. The van der Waals surface area contributed by atoms with Crippen molar-refractivity contribution in [3.8, 4) is 0 Å². The van der Waals surface area contributed by atoms with Gasteiger partial charge >= 0.3 is 12.2 Å². The third-order valence-corrected chi connectivity index (χ3v) is 3.26. The van der Waals surface area contributed by atoms with Crippen molar-refractivity contribution in [2.24, 2.45) is 5.92 Å². The minimum absolute atomic E-state index is 0.0232. The van der Waals surface area contributed by atoms with E-state index in [-0.39, 0.29) is 18.4 Å². The van der Waals surface area contributed by atoms with Gasteiger partial charge in [0, 0.05) is 17.3 Å². The topological polar surface area (TPSA) is 99.3 Å². The molecule has 4 N–H and O–H groups in total. The van der Waals surface area contributed by atoms with Gasteiger partial charge in [-0.3, -0.25) is 14.9 Å². The fraction of sp³-hybridized carbons (Fsp3) is 0.400. The lowest BCUT2D eigenvalue weighted by Crippen LogP contribution is -2.45. The van der Waals surface area contributed by atoms with Crippen molar-refractivity contribution in [2.75, 3.05) is 23.7 Å². The number of carbonyl (C=O) groups excluding carboxylic acids is 3. The Morgan fingerprint density at radius 3 is 2.20 bits per heavy atom. The summed E-state index contributed by atoms with van der Waals surface area (Å²) in [6.45, 7) is -1.82. The van der Waals surface area contributed by atoms with E-state index >= 15 is 0 Å². The molecule has 1 saturated carbocycles. The van der Waals surface area contributed by atoms with Crippen LogP contribution in [0.2, 0.25) is 0 Å². The van der Waals surface area contributed by atoms with E-state index in [4.69, 9.17) is 0 Å². The highest BCUT2D eigenvalue weighted by molar-refractivity contribution is 5.96. The van der Waals surface area contributed by atoms with Gasteiger partial charge in [0.05, 0.1) is 6.54 Å². The van der Waals surface area contributed by atoms with Gasteiger partial charge in [-0.1, -0.05) is 0 Å². The van der Waals surface area contributed by atoms with Crippen LogP contribution in [0.3, 0.4) is 0 Å². The van der Waals surface area contributed by atoms with Crippen LogP contribution >= 0.6 is 0 Å². The molecule has 1 fully saturated rings. The van der Waals surface area contributed by atoms with Crippen LogP contribution in [0, 0.1) is 5.92 Å². The summed E-state index contributed by atoms with van der Waals surface area (Å²) in [5, 5.41) is 8.77. The average Bonchev–Trinajstić information content (AvgIpc) is 3.36. The molecule has 0 unspecified atom stereocenters. The lowest BCUT2D eigenvalue weighted by atomic mass is 10.2. The van der Waals surface area contributed by atoms with Gasteiger partial charge in [0.25, 0.3) is 0 Å². The Morgan fingerprint density at radius 1 is 1.04 bits per heavy atom. The number of hydrogen-bond acceptors (Lipinski definition) is 4. The molecule has 0 atom stereocenters. The summed E-state index contributed by atoms with van der Waals surface area (Å²) in [6.07, 6.45) is -2.75. The largest absolute Gasteiger partial charge is 0.405 e. The molecule has 1 aromatic rings. The Balaban J connectivity index is 1.70. The van der Waals surface area contributed by atoms with Gasteiger partial charge in [-0.25, -0.2) is 4.79 Å². The number of urea groups is 1. The van der Waals surface area contributed by atoms with E-state index in [2.05, 4.69) is 10.6 Å². The van der Waals surface area contributed by atoms with E-state index in [0.717, 1.165) is 12.8 Å². The van der Waals surface area contributed by atoms with Gasteiger partial charge in [-0.05, 0) is 37.1 Å². The van der Waals surface area contributed by atoms with Crippen LogP contribution in [0.15, 0.2) is 24.3 Å². The number of hydrogen-bond donors (Lipinski definition) is 4. The summed E-state index contributed by atoms with van der Waals surface area (Å²) < 4.78 is 35.7. The zero-order valence-corrected chi connectivity index (χ0v) is 13.1. The Morgan fingerprint density at radius 2 is 1.64 bits per heavy atom. The zero-order valence-electron chi connectivity index (χ0n) is 13.1. The third kappa shape index (κ3) is 7.10. The van der Waals surface area contributed by atoms with Crippen LogP contribution in [0.4, 0.5) is 29.3 Å². The molecule has 0 saturated heterocycles. The predicted octanol–water partition coefficient (Wildman–Crippen LogP) is 1.84. The third-order valence-electron chi connectivity index (χ3n) is 3.26. The number of imide groups is 1. The molecule has 10 heteroatoms. The maximum Gasteiger partial charge on any atom is 0.405 e. The lowest BCUT2D eigenvalue weighted by Gasteiger charge is -2.10. The van der Waals surface area contributed by atoms with Crippen LogP contribution in [0.5, 0.6) is 0 Å². The van der Waals surface area contributed by atoms with Crippen molar-refractivity contribution in [1.82, 2.24) is 10.6 Å². The highest BCUT2D eigenvalue weighted by atomic mass is 19.4. The summed E-state index contributed by atoms with van der Waals surface area (Å²) in [7, 11) is 0. The molecule has 1 aliphatic rings. The summed E-state index contributed by atoms with van der Waals surface area (Å²) in [5.74, 6) is -0.722. The molecule has 136 valence electrons. The Hall–Kier alpha value is -2.78. The molecule has 4 amide bonds. The second-order valence-electron chi connectivity index (χ2n) is 5.54. The van der Waals surface area contributed by atoms with Gasteiger partial charge in [-0.2, -0.15) is 13.2 Å². The molecule has 0 spiro atoms. The number of benzene rings is 1. The molecule has 0 aliphatic heterocycles. The van der Waals surface area contributed by atoms with E-state index < -0.39 is 24.7 Å². The maximum atomic E-state index is 11.9. The number of amides is 4. The first kappa shape index (κ1) is 18.6. The molecule has 0 bridgehead atoms. The van der Waals surface area contributed by atoms with Crippen molar-refractivity contribution in [3.63, 3.8) is 0 Å². The van der Waals surface area contributed by atoms with Crippen molar-refractivity contribution in [3.05, 3.63) is 24.3 Å². The van der Waals surface area contributed by atoms with Gasteiger partial charge < -0.3 is 16.0 Å². The van der Waals surface area contributed by atoms with Crippen molar-refractivity contribution >= 4 is 29.2 Å². The summed E-state index contributed by atoms with van der Waals surface area (Å²) >= 11 is 0. The van der Waals surface area contributed by atoms with Crippen molar-refractivity contribution < 1.29 is 27.6 Å². The lowest BCUT2D eigenvalue weighted by molar-refractivity contribution is -0.124. The predicted molar refractivity (Wildman–Crippen MR) is 83.9 cm³/mol. The fourth-order valence-corrected chi connectivity index (χ4v) is 1.84. The van der Waals surface area contributed by atoms with E-state index in [1.54, 1.807) is 29.6 Å². The monoisotopic (exact) mass is 358 g/mol. The van der Waals surface area contributed by atoms with Crippen molar-refractivity contribution in [1.29, 1.82) is 0 Å². The molecule has 0 heterocycles. The van der Waals surface area contributed by atoms with Crippen LogP contribution in [0.1, 0.15) is 12.8 Å². The highest BCUT2D eigenvalue weighted by Gasteiger charge is 2.29. The fourth-order valence-electron chi connectivity index (χ4n) is 1.84. The minimum Gasteiger partial charge on any atom is -0.376 e. The summed E-state index contributed by atoms with van der Waals surface area (Å²) in [6, 6.07) is 5.33. The first-order valence-corrected chi connectivity index (χ1v) is 7.52. The zero-order chi connectivity index (χ0) is 18.4.